The first-order valence-electron chi connectivity index (χ1n) is 5.33. The van der Waals surface area contributed by atoms with Gasteiger partial charge < -0.3 is 4.42 Å². The van der Waals surface area contributed by atoms with Crippen LogP contribution in [0.2, 0.25) is 0 Å². The molecule has 0 spiro atoms. The van der Waals surface area contributed by atoms with Gasteiger partial charge in [0, 0.05) is 6.07 Å². The molecule has 2 aromatic heterocycles. The second kappa shape index (κ2) is 4.33. The number of aromatic amines is 1. The maximum Gasteiger partial charge on any atom is 0.280 e. The summed E-state index contributed by atoms with van der Waals surface area (Å²) in [5.41, 5.74) is 0.388. The Morgan fingerprint density at radius 1 is 1.16 bits per heavy atom. The Kier molecular flexibility index (Phi) is 2.53. The number of H-pyrrole nitrogens is 1. The van der Waals surface area contributed by atoms with Gasteiger partial charge in [-0.2, -0.15) is 5.21 Å². The van der Waals surface area contributed by atoms with Gasteiger partial charge >= 0.3 is 0 Å². The van der Waals surface area contributed by atoms with E-state index in [1.54, 1.807) is 30.3 Å². The summed E-state index contributed by atoms with van der Waals surface area (Å²) < 4.78 is 5.52. The lowest BCUT2D eigenvalue weighted by Gasteiger charge is -1.98. The minimum Gasteiger partial charge on any atom is -0.452 e. The van der Waals surface area contributed by atoms with Gasteiger partial charge in [0.05, 0.1) is 10.5 Å². The first kappa shape index (κ1) is 11.1. The number of aromatic nitrogens is 4. The van der Waals surface area contributed by atoms with Gasteiger partial charge in [-0.3, -0.25) is 10.1 Å². The van der Waals surface area contributed by atoms with Gasteiger partial charge in [0.2, 0.25) is 5.82 Å². The molecule has 0 aliphatic rings. The van der Waals surface area contributed by atoms with Crippen molar-refractivity contribution in [3.8, 4) is 22.9 Å². The predicted octanol–water partition coefficient (Wildman–Crippen LogP) is 2.03. The molecule has 0 aliphatic carbocycles. The lowest BCUT2D eigenvalue weighted by atomic mass is 10.1. The molecule has 0 fully saturated rings. The molecular formula is C11H7N5O3. The molecule has 0 bridgehead atoms. The van der Waals surface area contributed by atoms with E-state index in [0.29, 0.717) is 22.9 Å². The second-order valence-corrected chi connectivity index (χ2v) is 3.67. The van der Waals surface area contributed by atoms with Crippen LogP contribution in [0, 0.1) is 10.1 Å². The summed E-state index contributed by atoms with van der Waals surface area (Å²) in [6, 6.07) is 9.62. The molecule has 0 unspecified atom stereocenters. The molecule has 94 valence electrons. The Hall–Kier alpha value is -3.03. The summed E-state index contributed by atoms with van der Waals surface area (Å²) in [7, 11) is 0. The molecule has 1 N–H and O–H groups in total. The topological polar surface area (TPSA) is 111 Å². The molecule has 8 heteroatoms. The molecule has 8 nitrogen and oxygen atoms in total. The van der Waals surface area contributed by atoms with Crippen LogP contribution in [0.25, 0.3) is 22.9 Å². The minimum absolute atomic E-state index is 0.0171. The Morgan fingerprint density at radius 3 is 2.68 bits per heavy atom. The number of benzene rings is 1. The summed E-state index contributed by atoms with van der Waals surface area (Å²) in [5, 5.41) is 24.2. The fourth-order valence-corrected chi connectivity index (χ4v) is 1.71. The van der Waals surface area contributed by atoms with Crippen molar-refractivity contribution in [2.24, 2.45) is 0 Å². The molecule has 0 radical (unpaired) electrons. The van der Waals surface area contributed by atoms with Gasteiger partial charge in [-0.15, -0.1) is 10.2 Å². The number of nitro benzene ring substituents is 1. The summed E-state index contributed by atoms with van der Waals surface area (Å²) in [4.78, 5) is 10.5. The summed E-state index contributed by atoms with van der Waals surface area (Å²) in [6.07, 6.45) is 0. The van der Waals surface area contributed by atoms with Crippen molar-refractivity contribution < 1.29 is 9.34 Å². The number of hydrogen-bond acceptors (Lipinski definition) is 6. The van der Waals surface area contributed by atoms with E-state index < -0.39 is 4.92 Å². The van der Waals surface area contributed by atoms with E-state index in [0.717, 1.165) is 0 Å². The van der Waals surface area contributed by atoms with Crippen LogP contribution in [-0.4, -0.2) is 25.5 Å². The third-order valence-corrected chi connectivity index (χ3v) is 2.54. The molecular weight excluding hydrogens is 250 g/mol. The van der Waals surface area contributed by atoms with Crippen LogP contribution in [0.5, 0.6) is 0 Å². The molecule has 2 heterocycles. The quantitative estimate of drug-likeness (QED) is 0.567. The molecule has 0 aliphatic heterocycles. The third-order valence-electron chi connectivity index (χ3n) is 2.54. The highest BCUT2D eigenvalue weighted by Gasteiger charge is 2.18. The van der Waals surface area contributed by atoms with Crippen molar-refractivity contribution >= 4 is 5.69 Å². The van der Waals surface area contributed by atoms with Crippen molar-refractivity contribution in [1.29, 1.82) is 0 Å². The van der Waals surface area contributed by atoms with E-state index in [2.05, 4.69) is 20.6 Å². The van der Waals surface area contributed by atoms with Gasteiger partial charge in [-0.1, -0.05) is 12.1 Å². The van der Waals surface area contributed by atoms with Gasteiger partial charge in [-0.05, 0) is 23.4 Å². The fourth-order valence-electron chi connectivity index (χ4n) is 1.71. The van der Waals surface area contributed by atoms with E-state index in [-0.39, 0.29) is 5.69 Å². The monoisotopic (exact) mass is 257 g/mol. The molecule has 0 saturated carbocycles. The number of nitro groups is 1. The third kappa shape index (κ3) is 1.95. The van der Waals surface area contributed by atoms with Crippen molar-refractivity contribution in [3.63, 3.8) is 0 Å². The van der Waals surface area contributed by atoms with E-state index in [9.17, 15) is 10.1 Å². The Balaban J connectivity index is 2.06. The lowest BCUT2D eigenvalue weighted by molar-refractivity contribution is -0.384. The van der Waals surface area contributed by atoms with Gasteiger partial charge in [0.15, 0.2) is 5.76 Å². The van der Waals surface area contributed by atoms with Gasteiger partial charge in [0.25, 0.3) is 5.69 Å². The molecule has 1 aromatic carbocycles. The normalized spacial score (nSPS) is 10.5. The predicted molar refractivity (Wildman–Crippen MR) is 64.0 cm³/mol. The molecule has 19 heavy (non-hydrogen) atoms. The van der Waals surface area contributed by atoms with Crippen molar-refractivity contribution in [3.05, 3.63) is 46.5 Å². The lowest BCUT2D eigenvalue weighted by Crippen LogP contribution is -1.90. The number of nitrogens with zero attached hydrogens (tertiary/aromatic N) is 4. The summed E-state index contributed by atoms with van der Waals surface area (Å²) in [5.74, 6) is 1.07. The van der Waals surface area contributed by atoms with Crippen molar-refractivity contribution in [2.45, 2.75) is 0 Å². The molecule has 0 amide bonds. The highest BCUT2D eigenvalue weighted by atomic mass is 16.6. The Labute approximate surface area is 106 Å². The molecule has 3 rings (SSSR count). The summed E-state index contributed by atoms with van der Waals surface area (Å²) in [6.45, 7) is 0. The minimum atomic E-state index is -0.453. The van der Waals surface area contributed by atoms with Crippen LogP contribution in [0.4, 0.5) is 5.69 Å². The van der Waals surface area contributed by atoms with Gasteiger partial charge in [-0.25, -0.2) is 0 Å². The molecule has 3 aromatic rings. The van der Waals surface area contributed by atoms with Crippen LogP contribution in [0.15, 0.2) is 40.8 Å². The molecule has 0 atom stereocenters. The number of nitrogens with one attached hydrogen (secondary N) is 1. The number of furan rings is 1. The first-order valence-corrected chi connectivity index (χ1v) is 5.33. The zero-order chi connectivity index (χ0) is 13.2. The average Bonchev–Trinajstić information content (AvgIpc) is 3.09. The van der Waals surface area contributed by atoms with E-state index in [1.165, 1.54) is 6.07 Å². The van der Waals surface area contributed by atoms with E-state index in [1.807, 2.05) is 0 Å². The number of hydrogen-bond donors (Lipinski definition) is 1. The Morgan fingerprint density at radius 2 is 1.95 bits per heavy atom. The number of para-hydroxylation sites is 1. The highest BCUT2D eigenvalue weighted by Crippen LogP contribution is 2.32. The zero-order valence-corrected chi connectivity index (χ0v) is 9.48. The summed E-state index contributed by atoms with van der Waals surface area (Å²) >= 11 is 0. The standard InChI is InChI=1S/C11H7N5O3/c17-16(18)8-4-2-1-3-7(8)9-5-6-10(19-9)11-12-14-15-13-11/h1-6H,(H,12,13,14,15). The van der Waals surface area contributed by atoms with E-state index in [4.69, 9.17) is 4.42 Å². The largest absolute Gasteiger partial charge is 0.452 e. The van der Waals surface area contributed by atoms with Crippen LogP contribution in [0.1, 0.15) is 0 Å². The Bertz CT molecular complexity index is 720. The van der Waals surface area contributed by atoms with Crippen LogP contribution in [0.3, 0.4) is 0 Å². The maximum absolute atomic E-state index is 11.0. The molecule has 0 saturated heterocycles. The average molecular weight is 257 g/mol. The fraction of sp³-hybridized carbons (Fsp3) is 0. The maximum atomic E-state index is 11.0. The first-order chi connectivity index (χ1) is 9.25. The highest BCUT2D eigenvalue weighted by molar-refractivity contribution is 5.70. The second-order valence-electron chi connectivity index (χ2n) is 3.67. The smallest absolute Gasteiger partial charge is 0.280 e. The SMILES string of the molecule is O=[N+]([O-])c1ccccc1-c1ccc(-c2nn[nH]n2)o1. The number of rotatable bonds is 3. The zero-order valence-electron chi connectivity index (χ0n) is 9.48. The van der Waals surface area contributed by atoms with E-state index >= 15 is 0 Å². The van der Waals surface area contributed by atoms with Crippen LogP contribution < -0.4 is 0 Å². The van der Waals surface area contributed by atoms with Crippen LogP contribution >= 0.6 is 0 Å². The van der Waals surface area contributed by atoms with Crippen molar-refractivity contribution in [2.75, 3.05) is 0 Å². The van der Waals surface area contributed by atoms with Crippen molar-refractivity contribution in [1.82, 2.24) is 20.6 Å². The van der Waals surface area contributed by atoms with Crippen LogP contribution in [-0.2, 0) is 0 Å². The van der Waals surface area contributed by atoms with Gasteiger partial charge in [0.1, 0.15) is 5.76 Å². The number of tetrazole rings is 1.